The van der Waals surface area contributed by atoms with Gasteiger partial charge in [0.15, 0.2) is 0 Å². The zero-order chi connectivity index (χ0) is 10.6. The number of hydrogen-bond acceptors (Lipinski definition) is 1. The van der Waals surface area contributed by atoms with Crippen LogP contribution in [0.4, 0.5) is 0 Å². The molecule has 0 aliphatic rings. The van der Waals surface area contributed by atoms with Gasteiger partial charge >= 0.3 is 0 Å². The van der Waals surface area contributed by atoms with Gasteiger partial charge in [-0.05, 0) is 38.0 Å². The van der Waals surface area contributed by atoms with Crippen LogP contribution in [0.5, 0.6) is 5.75 Å². The minimum atomic E-state index is 0.273. The van der Waals surface area contributed by atoms with Gasteiger partial charge in [-0.2, -0.15) is 0 Å². The molecule has 0 heterocycles. The number of allylic oxidation sites excluding steroid dienone is 1. The SMILES string of the molecule is C=C(C)c1cccc(OC(C)CC)c1. The van der Waals surface area contributed by atoms with Gasteiger partial charge in [0, 0.05) is 0 Å². The van der Waals surface area contributed by atoms with Crippen molar-refractivity contribution in [3.63, 3.8) is 0 Å². The Morgan fingerprint density at radius 3 is 2.79 bits per heavy atom. The van der Waals surface area contributed by atoms with Gasteiger partial charge in [0.2, 0.25) is 0 Å². The van der Waals surface area contributed by atoms with E-state index >= 15 is 0 Å². The Balaban J connectivity index is 2.78. The van der Waals surface area contributed by atoms with Crippen molar-refractivity contribution in [2.24, 2.45) is 0 Å². The highest BCUT2D eigenvalue weighted by atomic mass is 16.5. The van der Waals surface area contributed by atoms with Crippen molar-refractivity contribution in [3.05, 3.63) is 36.4 Å². The first-order valence-electron chi connectivity index (χ1n) is 5.06. The van der Waals surface area contributed by atoms with E-state index < -0.39 is 0 Å². The highest BCUT2D eigenvalue weighted by Gasteiger charge is 2.01. The van der Waals surface area contributed by atoms with Crippen molar-refractivity contribution in [1.29, 1.82) is 0 Å². The third kappa shape index (κ3) is 2.91. The molecule has 0 saturated heterocycles. The molecule has 1 aromatic rings. The molecule has 0 bridgehead atoms. The Labute approximate surface area is 86.4 Å². The van der Waals surface area contributed by atoms with Crippen LogP contribution in [0.1, 0.15) is 32.8 Å². The van der Waals surface area contributed by atoms with E-state index in [-0.39, 0.29) is 6.10 Å². The van der Waals surface area contributed by atoms with E-state index in [0.29, 0.717) is 0 Å². The summed E-state index contributed by atoms with van der Waals surface area (Å²) in [7, 11) is 0. The van der Waals surface area contributed by atoms with Crippen molar-refractivity contribution in [2.75, 3.05) is 0 Å². The van der Waals surface area contributed by atoms with Gasteiger partial charge in [-0.25, -0.2) is 0 Å². The number of hydrogen-bond donors (Lipinski definition) is 0. The van der Waals surface area contributed by atoms with E-state index in [1.54, 1.807) is 0 Å². The van der Waals surface area contributed by atoms with Crippen LogP contribution in [0.2, 0.25) is 0 Å². The minimum absolute atomic E-state index is 0.273. The second kappa shape index (κ2) is 4.85. The van der Waals surface area contributed by atoms with Crippen molar-refractivity contribution in [2.45, 2.75) is 33.3 Å². The molecule has 0 aromatic heterocycles. The maximum atomic E-state index is 5.71. The smallest absolute Gasteiger partial charge is 0.120 e. The molecule has 0 fully saturated rings. The van der Waals surface area contributed by atoms with Crippen LogP contribution in [-0.4, -0.2) is 6.10 Å². The van der Waals surface area contributed by atoms with Crippen LogP contribution in [0.3, 0.4) is 0 Å². The molecule has 14 heavy (non-hydrogen) atoms. The topological polar surface area (TPSA) is 9.23 Å². The number of ether oxygens (including phenoxy) is 1. The summed E-state index contributed by atoms with van der Waals surface area (Å²) in [4.78, 5) is 0. The predicted molar refractivity (Wildman–Crippen MR) is 61.5 cm³/mol. The fourth-order valence-corrected chi connectivity index (χ4v) is 1.15. The molecule has 0 saturated carbocycles. The monoisotopic (exact) mass is 190 g/mol. The summed E-state index contributed by atoms with van der Waals surface area (Å²) in [6.07, 6.45) is 1.30. The molecule has 1 aromatic carbocycles. The maximum Gasteiger partial charge on any atom is 0.120 e. The quantitative estimate of drug-likeness (QED) is 0.699. The lowest BCUT2D eigenvalue weighted by Crippen LogP contribution is -2.09. The molecule has 0 N–H and O–H groups in total. The first kappa shape index (κ1) is 10.8. The third-order valence-electron chi connectivity index (χ3n) is 2.24. The lowest BCUT2D eigenvalue weighted by Gasteiger charge is -2.13. The summed E-state index contributed by atoms with van der Waals surface area (Å²) < 4.78 is 5.71. The Morgan fingerprint density at radius 1 is 1.50 bits per heavy atom. The molecule has 0 radical (unpaired) electrons. The zero-order valence-corrected chi connectivity index (χ0v) is 9.21. The molecule has 1 unspecified atom stereocenters. The summed E-state index contributed by atoms with van der Waals surface area (Å²) >= 11 is 0. The van der Waals surface area contributed by atoms with Gasteiger partial charge in [-0.3, -0.25) is 0 Å². The normalized spacial score (nSPS) is 12.2. The highest BCUT2D eigenvalue weighted by Crippen LogP contribution is 2.19. The van der Waals surface area contributed by atoms with Gasteiger partial charge in [-0.1, -0.05) is 31.2 Å². The molecule has 1 nitrogen and oxygen atoms in total. The lowest BCUT2D eigenvalue weighted by atomic mass is 10.1. The van der Waals surface area contributed by atoms with E-state index in [0.717, 1.165) is 23.3 Å². The van der Waals surface area contributed by atoms with E-state index in [1.807, 2.05) is 31.2 Å². The molecule has 1 rings (SSSR count). The Kier molecular flexibility index (Phi) is 3.75. The van der Waals surface area contributed by atoms with E-state index in [9.17, 15) is 0 Å². The van der Waals surface area contributed by atoms with Crippen LogP contribution >= 0.6 is 0 Å². The van der Waals surface area contributed by atoms with E-state index in [4.69, 9.17) is 4.74 Å². The second-order valence-electron chi connectivity index (χ2n) is 3.64. The van der Waals surface area contributed by atoms with E-state index in [2.05, 4.69) is 20.4 Å². The summed E-state index contributed by atoms with van der Waals surface area (Å²) in [6.45, 7) is 10.1. The number of rotatable bonds is 4. The van der Waals surface area contributed by atoms with E-state index in [1.165, 1.54) is 0 Å². The van der Waals surface area contributed by atoms with Gasteiger partial charge < -0.3 is 4.74 Å². The van der Waals surface area contributed by atoms with Crippen molar-refractivity contribution in [3.8, 4) is 5.75 Å². The van der Waals surface area contributed by atoms with Crippen LogP contribution in [-0.2, 0) is 0 Å². The summed E-state index contributed by atoms with van der Waals surface area (Å²) in [5, 5.41) is 0. The fourth-order valence-electron chi connectivity index (χ4n) is 1.15. The molecular formula is C13H18O. The molecule has 0 spiro atoms. The molecule has 1 heteroatoms. The molecule has 0 aliphatic carbocycles. The van der Waals surface area contributed by atoms with Crippen LogP contribution in [0.15, 0.2) is 30.8 Å². The molecule has 0 aliphatic heterocycles. The number of benzene rings is 1. The van der Waals surface area contributed by atoms with Gasteiger partial charge in [0.25, 0.3) is 0 Å². The first-order valence-corrected chi connectivity index (χ1v) is 5.06. The van der Waals surface area contributed by atoms with Crippen LogP contribution in [0, 0.1) is 0 Å². The molecule has 76 valence electrons. The van der Waals surface area contributed by atoms with Crippen molar-refractivity contribution < 1.29 is 4.74 Å². The maximum absolute atomic E-state index is 5.71. The Morgan fingerprint density at radius 2 is 2.21 bits per heavy atom. The molecule has 0 amide bonds. The van der Waals surface area contributed by atoms with Crippen LogP contribution < -0.4 is 4.74 Å². The minimum Gasteiger partial charge on any atom is -0.491 e. The summed E-state index contributed by atoms with van der Waals surface area (Å²) in [6, 6.07) is 8.07. The highest BCUT2D eigenvalue weighted by molar-refractivity contribution is 5.62. The third-order valence-corrected chi connectivity index (χ3v) is 2.24. The standard InChI is InChI=1S/C13H18O/c1-5-11(4)14-13-8-6-7-12(9-13)10(2)3/h6-9,11H,2,5H2,1,3-4H3. The average Bonchev–Trinajstić information content (AvgIpc) is 2.18. The van der Waals surface area contributed by atoms with Crippen LogP contribution in [0.25, 0.3) is 5.57 Å². The Hall–Kier alpha value is -1.24. The lowest BCUT2D eigenvalue weighted by molar-refractivity contribution is 0.217. The predicted octanol–water partition coefficient (Wildman–Crippen LogP) is 3.90. The zero-order valence-electron chi connectivity index (χ0n) is 9.21. The summed E-state index contributed by atoms with van der Waals surface area (Å²) in [5.74, 6) is 0.930. The fraction of sp³-hybridized carbons (Fsp3) is 0.385. The van der Waals surface area contributed by atoms with Crippen molar-refractivity contribution >= 4 is 5.57 Å². The first-order chi connectivity index (χ1) is 6.63. The molecular weight excluding hydrogens is 172 g/mol. The largest absolute Gasteiger partial charge is 0.491 e. The van der Waals surface area contributed by atoms with Gasteiger partial charge in [0.1, 0.15) is 5.75 Å². The van der Waals surface area contributed by atoms with Gasteiger partial charge in [0.05, 0.1) is 6.10 Å². The van der Waals surface area contributed by atoms with Gasteiger partial charge in [-0.15, -0.1) is 0 Å². The molecule has 1 atom stereocenters. The Bertz CT molecular complexity index is 315. The van der Waals surface area contributed by atoms with Crippen molar-refractivity contribution in [1.82, 2.24) is 0 Å². The average molecular weight is 190 g/mol. The second-order valence-corrected chi connectivity index (χ2v) is 3.64. The summed E-state index contributed by atoms with van der Waals surface area (Å²) in [5.41, 5.74) is 2.21.